The SMILES string of the molecule is COC(=O)c1c(NC(=O)Cc2c(F)cccc2Cl)sc2c1CCCCC2. The molecular formula is C19H19ClFNO3S. The Hall–Kier alpha value is -1.92. The van der Waals surface area contributed by atoms with Crippen LogP contribution in [0.25, 0.3) is 0 Å². The highest BCUT2D eigenvalue weighted by atomic mass is 35.5. The summed E-state index contributed by atoms with van der Waals surface area (Å²) >= 11 is 7.40. The van der Waals surface area contributed by atoms with E-state index in [1.54, 1.807) is 6.07 Å². The van der Waals surface area contributed by atoms with Crippen molar-refractivity contribution >= 4 is 39.8 Å². The third-order valence-corrected chi connectivity index (χ3v) is 6.02. The van der Waals surface area contributed by atoms with Crippen molar-refractivity contribution in [2.24, 2.45) is 0 Å². The van der Waals surface area contributed by atoms with Gasteiger partial charge in [0, 0.05) is 15.5 Å². The van der Waals surface area contributed by atoms with E-state index < -0.39 is 17.7 Å². The maximum atomic E-state index is 13.9. The van der Waals surface area contributed by atoms with E-state index in [1.165, 1.54) is 30.6 Å². The number of hydrogen-bond acceptors (Lipinski definition) is 4. The number of carbonyl (C=O) groups is 2. The quantitative estimate of drug-likeness (QED) is 0.598. The van der Waals surface area contributed by atoms with Gasteiger partial charge in [-0.25, -0.2) is 9.18 Å². The average Bonchev–Trinajstić information content (AvgIpc) is 2.78. The molecular weight excluding hydrogens is 377 g/mol. The van der Waals surface area contributed by atoms with Gasteiger partial charge in [0.05, 0.1) is 19.1 Å². The zero-order valence-electron chi connectivity index (χ0n) is 14.4. The van der Waals surface area contributed by atoms with Gasteiger partial charge in [0.25, 0.3) is 0 Å². The third kappa shape index (κ3) is 3.91. The summed E-state index contributed by atoms with van der Waals surface area (Å²) in [5.74, 6) is -1.40. The highest BCUT2D eigenvalue weighted by Gasteiger charge is 2.26. The third-order valence-electron chi connectivity index (χ3n) is 4.46. The number of fused-ring (bicyclic) bond motifs is 1. The van der Waals surface area contributed by atoms with E-state index in [-0.39, 0.29) is 17.0 Å². The standard InChI is InChI=1S/C19H19ClFNO3S/c1-25-19(24)17-11-6-3-2-4-9-15(11)26-18(17)22-16(23)10-12-13(20)7-5-8-14(12)21/h5,7-8H,2-4,6,9-10H2,1H3,(H,22,23). The lowest BCUT2D eigenvalue weighted by atomic mass is 10.1. The molecule has 0 saturated heterocycles. The Labute approximate surface area is 160 Å². The molecule has 0 bridgehead atoms. The molecule has 1 aliphatic rings. The number of benzene rings is 1. The van der Waals surface area contributed by atoms with Gasteiger partial charge in [0.15, 0.2) is 0 Å². The second-order valence-corrected chi connectivity index (χ2v) is 7.70. The summed E-state index contributed by atoms with van der Waals surface area (Å²) in [5, 5.41) is 3.44. The van der Waals surface area contributed by atoms with Crippen molar-refractivity contribution in [3.05, 3.63) is 50.6 Å². The first kappa shape index (κ1) is 18.9. The molecule has 0 saturated carbocycles. The predicted molar refractivity (Wildman–Crippen MR) is 101 cm³/mol. The van der Waals surface area contributed by atoms with E-state index in [4.69, 9.17) is 16.3 Å². The van der Waals surface area contributed by atoms with Crippen LogP contribution < -0.4 is 5.32 Å². The zero-order valence-corrected chi connectivity index (χ0v) is 15.9. The van der Waals surface area contributed by atoms with E-state index >= 15 is 0 Å². The maximum Gasteiger partial charge on any atom is 0.341 e. The molecule has 4 nitrogen and oxygen atoms in total. The molecule has 0 unspecified atom stereocenters. The van der Waals surface area contributed by atoms with E-state index in [0.29, 0.717) is 10.6 Å². The molecule has 1 amide bonds. The average molecular weight is 396 g/mol. The Morgan fingerprint density at radius 2 is 2.04 bits per heavy atom. The first-order chi connectivity index (χ1) is 12.5. The van der Waals surface area contributed by atoms with Crippen molar-refractivity contribution in [1.82, 2.24) is 0 Å². The van der Waals surface area contributed by atoms with Crippen LogP contribution in [0, 0.1) is 5.82 Å². The highest BCUT2D eigenvalue weighted by molar-refractivity contribution is 7.17. The van der Waals surface area contributed by atoms with Crippen LogP contribution in [0.1, 0.15) is 45.6 Å². The predicted octanol–water partition coefficient (Wildman–Crippen LogP) is 4.78. The van der Waals surface area contributed by atoms with Gasteiger partial charge in [-0.15, -0.1) is 11.3 Å². The molecule has 1 aromatic heterocycles. The van der Waals surface area contributed by atoms with Gasteiger partial charge in [-0.3, -0.25) is 4.79 Å². The van der Waals surface area contributed by atoms with Crippen molar-refractivity contribution in [2.75, 3.05) is 12.4 Å². The molecule has 0 spiro atoms. The number of aryl methyl sites for hydroxylation is 1. The maximum absolute atomic E-state index is 13.9. The van der Waals surface area contributed by atoms with Crippen LogP contribution in [-0.4, -0.2) is 19.0 Å². The number of carbonyl (C=O) groups excluding carboxylic acids is 2. The first-order valence-corrected chi connectivity index (χ1v) is 9.66. The summed E-state index contributed by atoms with van der Waals surface area (Å²) in [6, 6.07) is 4.30. The number of hydrogen-bond donors (Lipinski definition) is 1. The summed E-state index contributed by atoms with van der Waals surface area (Å²) in [6.07, 6.45) is 4.67. The Kier molecular flexibility index (Phi) is 5.94. The largest absolute Gasteiger partial charge is 0.465 e. The van der Waals surface area contributed by atoms with Gasteiger partial charge < -0.3 is 10.1 Å². The lowest BCUT2D eigenvalue weighted by Gasteiger charge is -2.09. The van der Waals surface area contributed by atoms with Gasteiger partial charge in [-0.2, -0.15) is 0 Å². The van der Waals surface area contributed by atoms with E-state index in [0.717, 1.165) is 42.5 Å². The van der Waals surface area contributed by atoms with Gasteiger partial charge in [0.1, 0.15) is 10.8 Å². The molecule has 7 heteroatoms. The number of methoxy groups -OCH3 is 1. The molecule has 0 atom stereocenters. The van der Waals surface area contributed by atoms with Crippen molar-refractivity contribution in [3.63, 3.8) is 0 Å². The molecule has 26 heavy (non-hydrogen) atoms. The Bertz CT molecular complexity index is 829. The molecule has 138 valence electrons. The summed E-state index contributed by atoms with van der Waals surface area (Å²) < 4.78 is 18.8. The van der Waals surface area contributed by atoms with Crippen molar-refractivity contribution in [3.8, 4) is 0 Å². The van der Waals surface area contributed by atoms with E-state index in [2.05, 4.69) is 5.32 Å². The fourth-order valence-electron chi connectivity index (χ4n) is 3.18. The molecule has 2 aromatic rings. The highest BCUT2D eigenvalue weighted by Crippen LogP contribution is 2.38. The van der Waals surface area contributed by atoms with E-state index in [9.17, 15) is 14.0 Å². The van der Waals surface area contributed by atoms with Crippen LogP contribution in [0.15, 0.2) is 18.2 Å². The summed E-state index contributed by atoms with van der Waals surface area (Å²) in [4.78, 5) is 25.8. The number of anilines is 1. The summed E-state index contributed by atoms with van der Waals surface area (Å²) in [6.45, 7) is 0. The molecule has 3 rings (SSSR count). The van der Waals surface area contributed by atoms with Crippen LogP contribution in [0.5, 0.6) is 0 Å². The van der Waals surface area contributed by atoms with Gasteiger partial charge >= 0.3 is 5.97 Å². The smallest absolute Gasteiger partial charge is 0.341 e. The second-order valence-electron chi connectivity index (χ2n) is 6.19. The molecule has 0 fully saturated rings. The number of halogens is 2. The minimum absolute atomic E-state index is 0.143. The number of amides is 1. The van der Waals surface area contributed by atoms with Gasteiger partial charge in [-0.05, 0) is 43.4 Å². The molecule has 1 aliphatic carbocycles. The van der Waals surface area contributed by atoms with Crippen LogP contribution in [-0.2, 0) is 28.8 Å². The molecule has 1 heterocycles. The zero-order chi connectivity index (χ0) is 18.7. The number of rotatable bonds is 4. The number of ether oxygens (including phenoxy) is 1. The van der Waals surface area contributed by atoms with Crippen molar-refractivity contribution in [2.45, 2.75) is 38.5 Å². The van der Waals surface area contributed by atoms with Crippen molar-refractivity contribution in [1.29, 1.82) is 0 Å². The number of esters is 1. The number of nitrogens with one attached hydrogen (secondary N) is 1. The van der Waals surface area contributed by atoms with Crippen LogP contribution in [0.2, 0.25) is 5.02 Å². The molecule has 1 N–H and O–H groups in total. The first-order valence-electron chi connectivity index (χ1n) is 8.47. The minimum Gasteiger partial charge on any atom is -0.465 e. The monoisotopic (exact) mass is 395 g/mol. The fraction of sp³-hybridized carbons (Fsp3) is 0.368. The Morgan fingerprint density at radius 1 is 1.27 bits per heavy atom. The minimum atomic E-state index is -0.525. The topological polar surface area (TPSA) is 55.4 Å². The Balaban J connectivity index is 1.87. The van der Waals surface area contributed by atoms with Crippen LogP contribution in [0.4, 0.5) is 9.39 Å². The lowest BCUT2D eigenvalue weighted by Crippen LogP contribution is -2.17. The normalized spacial score (nSPS) is 13.7. The Morgan fingerprint density at radius 3 is 2.77 bits per heavy atom. The summed E-state index contributed by atoms with van der Waals surface area (Å²) in [5.41, 5.74) is 1.55. The summed E-state index contributed by atoms with van der Waals surface area (Å²) in [7, 11) is 1.33. The van der Waals surface area contributed by atoms with Crippen LogP contribution in [0.3, 0.4) is 0 Å². The van der Waals surface area contributed by atoms with Gasteiger partial charge in [0.2, 0.25) is 5.91 Å². The van der Waals surface area contributed by atoms with E-state index in [1.807, 2.05) is 0 Å². The molecule has 0 aliphatic heterocycles. The van der Waals surface area contributed by atoms with Crippen molar-refractivity contribution < 1.29 is 18.7 Å². The molecule has 1 aromatic carbocycles. The van der Waals surface area contributed by atoms with Crippen LogP contribution >= 0.6 is 22.9 Å². The lowest BCUT2D eigenvalue weighted by molar-refractivity contribution is -0.115. The molecule has 0 radical (unpaired) electrons. The van der Waals surface area contributed by atoms with Gasteiger partial charge in [-0.1, -0.05) is 24.1 Å². The number of thiophene rings is 1. The second kappa shape index (κ2) is 8.18. The fourth-order valence-corrected chi connectivity index (χ4v) is 4.70.